The predicted molar refractivity (Wildman–Crippen MR) is 80.7 cm³/mol. The van der Waals surface area contributed by atoms with Crippen LogP contribution in [0, 0.1) is 26.2 Å². The average molecular weight is 309 g/mol. The summed E-state index contributed by atoms with van der Waals surface area (Å²) in [6, 6.07) is 2.12. The third-order valence-corrected chi connectivity index (χ3v) is 4.73. The Morgan fingerprint density at radius 2 is 2.00 bits per heavy atom. The minimum atomic E-state index is -3.85. The Balaban J connectivity index is 3.29. The van der Waals surface area contributed by atoms with Crippen molar-refractivity contribution in [2.45, 2.75) is 44.6 Å². The zero-order valence-electron chi connectivity index (χ0n) is 12.3. The number of aromatic carboxylic acids is 1. The number of benzene rings is 1. The van der Waals surface area contributed by atoms with E-state index in [4.69, 9.17) is 11.5 Å². The van der Waals surface area contributed by atoms with Crippen LogP contribution in [0.1, 0.15) is 41.3 Å². The van der Waals surface area contributed by atoms with Crippen molar-refractivity contribution in [3.63, 3.8) is 0 Å². The van der Waals surface area contributed by atoms with Crippen molar-refractivity contribution in [1.29, 1.82) is 0 Å². The third-order valence-electron chi connectivity index (χ3n) is 3.12. The zero-order valence-corrected chi connectivity index (χ0v) is 13.1. The van der Waals surface area contributed by atoms with Crippen LogP contribution in [-0.2, 0) is 10.0 Å². The molecule has 0 heterocycles. The molecule has 1 unspecified atom stereocenters. The predicted octanol–water partition coefficient (Wildman–Crippen LogP) is 2.08. The molecule has 0 aromatic heterocycles. The van der Waals surface area contributed by atoms with Crippen LogP contribution in [0.5, 0.6) is 0 Å². The van der Waals surface area contributed by atoms with Gasteiger partial charge in [-0.3, -0.25) is 0 Å². The van der Waals surface area contributed by atoms with E-state index in [0.29, 0.717) is 17.5 Å². The molecule has 0 amide bonds. The van der Waals surface area contributed by atoms with Crippen molar-refractivity contribution in [3.05, 3.63) is 28.8 Å². The van der Waals surface area contributed by atoms with E-state index in [0.717, 1.165) is 6.42 Å². The number of terminal acetylenes is 1. The fraction of sp³-hybridized carbons (Fsp3) is 0.400. The van der Waals surface area contributed by atoms with E-state index in [-0.39, 0.29) is 10.5 Å². The molecule has 0 saturated carbocycles. The first-order valence-corrected chi connectivity index (χ1v) is 8.04. The van der Waals surface area contributed by atoms with Crippen LogP contribution in [0.25, 0.3) is 0 Å². The van der Waals surface area contributed by atoms with E-state index in [9.17, 15) is 13.2 Å². The van der Waals surface area contributed by atoms with Gasteiger partial charge in [0.05, 0.1) is 16.5 Å². The molecule has 0 aliphatic heterocycles. The molecule has 0 radical (unpaired) electrons. The van der Waals surface area contributed by atoms with Crippen molar-refractivity contribution in [2.24, 2.45) is 0 Å². The van der Waals surface area contributed by atoms with E-state index < -0.39 is 22.0 Å². The van der Waals surface area contributed by atoms with Crippen molar-refractivity contribution < 1.29 is 18.3 Å². The van der Waals surface area contributed by atoms with Gasteiger partial charge in [0.2, 0.25) is 10.0 Å². The lowest BCUT2D eigenvalue weighted by molar-refractivity contribution is 0.0696. The molecule has 0 aliphatic carbocycles. The molecule has 1 aromatic rings. The summed E-state index contributed by atoms with van der Waals surface area (Å²) in [6.07, 6.45) is 6.57. The van der Waals surface area contributed by atoms with Gasteiger partial charge < -0.3 is 5.11 Å². The summed E-state index contributed by atoms with van der Waals surface area (Å²) in [7, 11) is -3.85. The monoisotopic (exact) mass is 309 g/mol. The lowest BCUT2D eigenvalue weighted by Crippen LogP contribution is -2.34. The van der Waals surface area contributed by atoms with Crippen LogP contribution in [0.2, 0.25) is 0 Å². The summed E-state index contributed by atoms with van der Waals surface area (Å²) < 4.78 is 27.2. The SMILES string of the molecule is C#CC(CCC)NS(=O)(=O)c1cc(C(=O)O)c(C)cc1C. The van der Waals surface area contributed by atoms with Gasteiger partial charge in [-0.25, -0.2) is 13.2 Å². The highest BCUT2D eigenvalue weighted by atomic mass is 32.2. The second kappa shape index (κ2) is 6.74. The highest BCUT2D eigenvalue weighted by Crippen LogP contribution is 2.21. The fourth-order valence-electron chi connectivity index (χ4n) is 2.07. The second-order valence-electron chi connectivity index (χ2n) is 4.87. The van der Waals surface area contributed by atoms with Gasteiger partial charge in [0.15, 0.2) is 0 Å². The Hall–Kier alpha value is -1.84. The van der Waals surface area contributed by atoms with Gasteiger partial charge in [0.1, 0.15) is 0 Å². The largest absolute Gasteiger partial charge is 0.478 e. The maximum atomic E-state index is 12.4. The van der Waals surface area contributed by atoms with Gasteiger partial charge in [-0.1, -0.05) is 25.3 Å². The Bertz CT molecular complexity index is 686. The molecule has 114 valence electrons. The molecule has 1 rings (SSSR count). The normalized spacial score (nSPS) is 12.7. The molecular formula is C15H19NO4S. The molecule has 0 spiro atoms. The summed E-state index contributed by atoms with van der Waals surface area (Å²) >= 11 is 0. The van der Waals surface area contributed by atoms with Crippen LogP contribution in [-0.4, -0.2) is 25.5 Å². The summed E-state index contributed by atoms with van der Waals surface area (Å²) in [5.41, 5.74) is 0.965. The number of aryl methyl sites for hydroxylation is 2. The van der Waals surface area contributed by atoms with Gasteiger partial charge in [0, 0.05) is 0 Å². The van der Waals surface area contributed by atoms with Crippen LogP contribution < -0.4 is 4.72 Å². The molecule has 0 aliphatic rings. The van der Waals surface area contributed by atoms with Gasteiger partial charge in [-0.2, -0.15) is 4.72 Å². The Kier molecular flexibility index (Phi) is 5.53. The Morgan fingerprint density at radius 3 is 2.48 bits per heavy atom. The van der Waals surface area contributed by atoms with E-state index in [1.807, 2.05) is 6.92 Å². The molecule has 1 aromatic carbocycles. The van der Waals surface area contributed by atoms with Crippen LogP contribution in [0.4, 0.5) is 0 Å². The maximum absolute atomic E-state index is 12.4. The van der Waals surface area contributed by atoms with Crippen LogP contribution in [0.15, 0.2) is 17.0 Å². The average Bonchev–Trinajstić information content (AvgIpc) is 2.37. The molecule has 0 fully saturated rings. The summed E-state index contributed by atoms with van der Waals surface area (Å²) in [5.74, 6) is 1.23. The molecule has 0 saturated heterocycles. The van der Waals surface area contributed by atoms with E-state index >= 15 is 0 Å². The number of hydrogen-bond acceptors (Lipinski definition) is 3. The smallest absolute Gasteiger partial charge is 0.335 e. The fourth-order valence-corrected chi connectivity index (χ4v) is 3.51. The first-order valence-electron chi connectivity index (χ1n) is 6.56. The van der Waals surface area contributed by atoms with Crippen molar-refractivity contribution >= 4 is 16.0 Å². The molecule has 21 heavy (non-hydrogen) atoms. The van der Waals surface area contributed by atoms with Gasteiger partial charge in [-0.05, 0) is 37.5 Å². The van der Waals surface area contributed by atoms with Gasteiger partial charge >= 0.3 is 5.97 Å². The lowest BCUT2D eigenvalue weighted by Gasteiger charge is -2.15. The lowest BCUT2D eigenvalue weighted by atomic mass is 10.1. The van der Waals surface area contributed by atoms with Crippen molar-refractivity contribution in [2.75, 3.05) is 0 Å². The molecule has 5 nitrogen and oxygen atoms in total. The quantitative estimate of drug-likeness (QED) is 0.788. The van der Waals surface area contributed by atoms with Gasteiger partial charge in [-0.15, -0.1) is 6.42 Å². The summed E-state index contributed by atoms with van der Waals surface area (Å²) in [6.45, 7) is 5.15. The molecule has 0 bridgehead atoms. The number of rotatable bonds is 6. The molecular weight excluding hydrogens is 290 g/mol. The highest BCUT2D eigenvalue weighted by Gasteiger charge is 2.23. The number of carbonyl (C=O) groups is 1. The first kappa shape index (κ1) is 17.2. The van der Waals surface area contributed by atoms with E-state index in [2.05, 4.69) is 10.6 Å². The molecule has 6 heteroatoms. The van der Waals surface area contributed by atoms with Crippen molar-refractivity contribution in [1.82, 2.24) is 4.72 Å². The standard InChI is InChI=1S/C15H19NO4S/c1-5-7-12(6-2)16-21(19,20)14-9-13(15(17)18)10(3)8-11(14)4/h2,8-9,12,16H,5,7H2,1,3-4H3,(H,17,18). The maximum Gasteiger partial charge on any atom is 0.335 e. The minimum absolute atomic E-state index is 0.0336. The highest BCUT2D eigenvalue weighted by molar-refractivity contribution is 7.89. The van der Waals surface area contributed by atoms with Crippen LogP contribution in [0.3, 0.4) is 0 Å². The number of carboxylic acids is 1. The molecule has 1 atom stereocenters. The number of nitrogens with one attached hydrogen (secondary N) is 1. The molecule has 2 N–H and O–H groups in total. The number of sulfonamides is 1. The number of hydrogen-bond donors (Lipinski definition) is 2. The minimum Gasteiger partial charge on any atom is -0.478 e. The second-order valence-corrected chi connectivity index (χ2v) is 6.55. The number of carboxylic acid groups (broad SMARTS) is 1. The van der Waals surface area contributed by atoms with Crippen LogP contribution >= 0.6 is 0 Å². The van der Waals surface area contributed by atoms with Crippen molar-refractivity contribution in [3.8, 4) is 12.3 Å². The topological polar surface area (TPSA) is 83.5 Å². The summed E-state index contributed by atoms with van der Waals surface area (Å²) in [5, 5.41) is 9.11. The van der Waals surface area contributed by atoms with E-state index in [1.54, 1.807) is 19.9 Å². The first-order chi connectivity index (χ1) is 9.72. The Labute approximate surface area is 125 Å². The van der Waals surface area contributed by atoms with Gasteiger partial charge in [0.25, 0.3) is 0 Å². The zero-order chi connectivity index (χ0) is 16.2. The third kappa shape index (κ3) is 4.06. The summed E-state index contributed by atoms with van der Waals surface area (Å²) in [4.78, 5) is 11.1. The van der Waals surface area contributed by atoms with E-state index in [1.165, 1.54) is 6.07 Å². The Morgan fingerprint density at radius 1 is 1.38 bits per heavy atom.